The number of ether oxygens (including phenoxy) is 1. The molecule has 6 heteroatoms. The maximum atomic E-state index is 11.1. The summed E-state index contributed by atoms with van der Waals surface area (Å²) in [5.41, 5.74) is 0.279. The fourth-order valence-corrected chi connectivity index (χ4v) is 1.04. The van der Waals surface area contributed by atoms with Crippen molar-refractivity contribution in [2.75, 3.05) is 7.11 Å². The summed E-state index contributed by atoms with van der Waals surface area (Å²) in [6.45, 7) is 1.49. The van der Waals surface area contributed by atoms with Gasteiger partial charge in [-0.15, -0.1) is 0 Å². The van der Waals surface area contributed by atoms with Crippen LogP contribution in [0, 0.1) is 11.8 Å². The molecule has 5 nitrogen and oxygen atoms in total. The quantitative estimate of drug-likeness (QED) is 0.539. The first kappa shape index (κ1) is 9.73. The monoisotopic (exact) mass is 203 g/mol. The van der Waals surface area contributed by atoms with Gasteiger partial charge >= 0.3 is 5.97 Å². The molecule has 0 saturated carbocycles. The summed E-state index contributed by atoms with van der Waals surface area (Å²) in [5, 5.41) is 0.0843. The molecule has 1 N–H and O–H groups in total. The van der Waals surface area contributed by atoms with Gasteiger partial charge in [-0.3, -0.25) is 0 Å². The molecule has 0 aliphatic heterocycles. The number of rotatable bonds is 1. The van der Waals surface area contributed by atoms with Crippen molar-refractivity contribution in [2.45, 2.75) is 6.92 Å². The molecule has 0 saturated heterocycles. The molecular weight excluding hydrogens is 196 g/mol. The lowest BCUT2D eigenvalue weighted by atomic mass is 10.3. The number of nitrogens with one attached hydrogen (secondary N) is 1. The predicted octanol–water partition coefficient (Wildman–Crippen LogP) is 0.678. The predicted molar refractivity (Wildman–Crippen MR) is 45.2 cm³/mol. The molecule has 0 aliphatic rings. The van der Waals surface area contributed by atoms with Gasteiger partial charge in [0.25, 0.3) is 11.9 Å². The highest BCUT2D eigenvalue weighted by Gasteiger charge is 2.19. The van der Waals surface area contributed by atoms with E-state index in [0.717, 1.165) is 6.20 Å². The van der Waals surface area contributed by atoms with Gasteiger partial charge < -0.3 is 9.72 Å². The topological polar surface area (TPSA) is 65.1 Å². The number of H-pyrrole nitrogens is 1. The first-order valence-corrected chi connectivity index (χ1v) is 3.84. The van der Waals surface area contributed by atoms with Crippen LogP contribution in [0.1, 0.15) is 16.2 Å². The summed E-state index contributed by atoms with van der Waals surface area (Å²) in [5.74, 6) is -0.621. The minimum Gasteiger partial charge on any atom is -0.464 e. The summed E-state index contributed by atoms with van der Waals surface area (Å²) in [4.78, 5) is 24.7. The fraction of sp³-hybridized carbons (Fsp3) is 0.286. The first-order chi connectivity index (χ1) is 6.06. The number of aromatic nitrogens is 2. The minimum atomic E-state index is -0.621. The van der Waals surface area contributed by atoms with Crippen LogP contribution in [0.15, 0.2) is 6.20 Å². The van der Waals surface area contributed by atoms with E-state index in [1.807, 2.05) is 0 Å². The molecule has 13 heavy (non-hydrogen) atoms. The molecule has 0 radical (unpaired) electrons. The van der Waals surface area contributed by atoms with E-state index in [9.17, 15) is 9.70 Å². The van der Waals surface area contributed by atoms with Crippen LogP contribution in [0.3, 0.4) is 0 Å². The Balaban J connectivity index is 3.37. The van der Waals surface area contributed by atoms with E-state index in [0.29, 0.717) is 4.43 Å². The van der Waals surface area contributed by atoms with Crippen molar-refractivity contribution in [3.8, 4) is 0 Å². The van der Waals surface area contributed by atoms with E-state index in [-0.39, 0.29) is 16.5 Å². The van der Waals surface area contributed by atoms with Crippen molar-refractivity contribution in [2.24, 2.45) is 0 Å². The van der Waals surface area contributed by atoms with E-state index in [1.165, 1.54) is 14.0 Å². The van der Waals surface area contributed by atoms with E-state index in [1.54, 1.807) is 0 Å². The number of hydrogen-bond acceptors (Lipinski definition) is 3. The molecule has 0 spiro atoms. The first-order valence-electron chi connectivity index (χ1n) is 3.46. The largest absolute Gasteiger partial charge is 0.464 e. The zero-order chi connectivity index (χ0) is 10.0. The molecule has 0 fully saturated rings. The van der Waals surface area contributed by atoms with Crippen LogP contribution in [-0.4, -0.2) is 18.1 Å². The van der Waals surface area contributed by atoms with Crippen molar-refractivity contribution >= 4 is 17.6 Å². The number of halogens is 1. The van der Waals surface area contributed by atoms with Crippen LogP contribution < -0.4 is 4.43 Å². The van der Waals surface area contributed by atoms with Gasteiger partial charge in [-0.25, -0.2) is 4.79 Å². The molecule has 1 aromatic heterocycles. The van der Waals surface area contributed by atoms with Crippen molar-refractivity contribution in [1.82, 2.24) is 4.98 Å². The molecule has 1 aromatic rings. The number of carbonyl (C=O) groups is 1. The van der Waals surface area contributed by atoms with Gasteiger partial charge in [0, 0.05) is 11.8 Å². The Labute approximate surface area is 78.9 Å². The lowest BCUT2D eigenvalue weighted by Crippen LogP contribution is -2.24. The lowest BCUT2D eigenvalue weighted by Gasteiger charge is -1.97. The summed E-state index contributed by atoms with van der Waals surface area (Å²) in [7, 11) is 1.23. The summed E-state index contributed by atoms with van der Waals surface area (Å²) in [6.07, 6.45) is 1.13. The van der Waals surface area contributed by atoms with Gasteiger partial charge in [-0.2, -0.15) is 0 Å². The number of hydrogen-bond donors (Lipinski definition) is 1. The molecule has 1 rings (SSSR count). The van der Waals surface area contributed by atoms with Crippen LogP contribution in [0.5, 0.6) is 0 Å². The second kappa shape index (κ2) is 3.57. The smallest absolute Gasteiger partial charge is 0.361 e. The van der Waals surface area contributed by atoms with Gasteiger partial charge in [-0.05, 0) is 0 Å². The second-order valence-electron chi connectivity index (χ2n) is 2.38. The van der Waals surface area contributed by atoms with Gasteiger partial charge in [0.2, 0.25) is 0 Å². The van der Waals surface area contributed by atoms with E-state index >= 15 is 0 Å². The van der Waals surface area contributed by atoms with Crippen LogP contribution in [0.25, 0.3) is 0 Å². The van der Waals surface area contributed by atoms with Crippen molar-refractivity contribution in [3.05, 3.63) is 27.6 Å². The van der Waals surface area contributed by atoms with Crippen LogP contribution >= 0.6 is 11.6 Å². The highest BCUT2D eigenvalue weighted by Crippen LogP contribution is 2.05. The average molecular weight is 204 g/mol. The molecule has 70 valence electrons. The third-order valence-electron chi connectivity index (χ3n) is 1.56. The lowest BCUT2D eigenvalue weighted by molar-refractivity contribution is -0.503. The second-order valence-corrected chi connectivity index (χ2v) is 2.79. The molecular formula is C7H8ClN2O3+. The van der Waals surface area contributed by atoms with E-state index in [2.05, 4.69) is 9.72 Å². The Hall–Kier alpha value is -1.36. The van der Waals surface area contributed by atoms with Gasteiger partial charge in [0.15, 0.2) is 10.8 Å². The molecule has 1 heterocycles. The van der Waals surface area contributed by atoms with Crippen LogP contribution in [0.4, 0.5) is 0 Å². The Morgan fingerprint density at radius 2 is 2.31 bits per heavy atom. The number of esters is 1. The van der Waals surface area contributed by atoms with Gasteiger partial charge in [0.05, 0.1) is 11.5 Å². The zero-order valence-electron chi connectivity index (χ0n) is 7.13. The van der Waals surface area contributed by atoms with Gasteiger partial charge in [-0.1, -0.05) is 11.6 Å². The Morgan fingerprint density at radius 1 is 1.69 bits per heavy atom. The number of methoxy groups -OCH3 is 1. The summed E-state index contributed by atoms with van der Waals surface area (Å²) in [6, 6.07) is 0. The Morgan fingerprint density at radius 3 is 2.85 bits per heavy atom. The van der Waals surface area contributed by atoms with Gasteiger partial charge in [0.1, 0.15) is 0 Å². The van der Waals surface area contributed by atoms with E-state index in [4.69, 9.17) is 11.6 Å². The maximum Gasteiger partial charge on any atom is 0.361 e. The SMILES string of the molecule is COC(=O)c1[nH]c(Cl)c[n+](=O)c1C. The molecule has 0 unspecified atom stereocenters. The third kappa shape index (κ3) is 1.86. The number of nitrogens with zero attached hydrogens (tertiary/aromatic N) is 1. The zero-order valence-corrected chi connectivity index (χ0v) is 7.88. The third-order valence-corrected chi connectivity index (χ3v) is 1.75. The van der Waals surface area contributed by atoms with Crippen molar-refractivity contribution in [3.63, 3.8) is 0 Å². The Bertz CT molecular complexity index is 399. The highest BCUT2D eigenvalue weighted by molar-refractivity contribution is 6.29. The number of carbonyl (C=O) groups excluding carboxylic acids is 1. The highest BCUT2D eigenvalue weighted by atomic mass is 35.5. The Kier molecular flexibility index (Phi) is 2.67. The molecule has 0 bridgehead atoms. The van der Waals surface area contributed by atoms with Crippen LogP contribution in [-0.2, 0) is 4.74 Å². The van der Waals surface area contributed by atoms with Crippen LogP contribution in [0.2, 0.25) is 5.15 Å². The average Bonchev–Trinajstić information content (AvgIpc) is 2.10. The summed E-state index contributed by atoms with van der Waals surface area (Å²) >= 11 is 5.54. The van der Waals surface area contributed by atoms with E-state index < -0.39 is 5.97 Å². The van der Waals surface area contributed by atoms with Crippen molar-refractivity contribution < 1.29 is 14.0 Å². The molecule has 0 atom stereocenters. The fourth-order valence-electron chi connectivity index (χ4n) is 0.853. The molecule has 0 aliphatic carbocycles. The normalized spacial score (nSPS) is 9.77. The number of aromatic amines is 1. The molecule has 0 amide bonds. The summed E-state index contributed by atoms with van der Waals surface area (Å²) < 4.78 is 4.95. The standard InChI is InChI=1S/C7H8ClN2O3/c1-4-6(7(11)13-2)9-5(8)3-10(4)12/h3H,1-2H3,(H,9,12)/q+1. The minimum absolute atomic E-state index is 0.0602. The molecule has 0 aromatic carbocycles. The van der Waals surface area contributed by atoms with Crippen molar-refractivity contribution in [1.29, 1.82) is 0 Å². The maximum absolute atomic E-state index is 11.1.